The van der Waals surface area contributed by atoms with Crippen LogP contribution in [0.1, 0.15) is 11.1 Å². The molecule has 0 saturated carbocycles. The molecule has 0 atom stereocenters. The quantitative estimate of drug-likeness (QED) is 0.292. The van der Waals surface area contributed by atoms with Crippen LogP contribution in [0.3, 0.4) is 0 Å². The summed E-state index contributed by atoms with van der Waals surface area (Å²) in [5, 5.41) is 0.929. The molecule has 5 rings (SSSR count). The van der Waals surface area contributed by atoms with Gasteiger partial charge in [0.2, 0.25) is 6.79 Å². The minimum atomic E-state index is 0. The van der Waals surface area contributed by atoms with E-state index in [0.29, 0.717) is 23.0 Å². The van der Waals surface area contributed by atoms with Gasteiger partial charge in [0.1, 0.15) is 23.0 Å². The number of rotatable bonds is 7. The molecule has 1 aliphatic heterocycles. The van der Waals surface area contributed by atoms with Gasteiger partial charge in [0.25, 0.3) is 0 Å². The molecular weight excluding hydrogens is 482 g/mol. The van der Waals surface area contributed by atoms with Crippen molar-refractivity contribution in [3.8, 4) is 45.8 Å². The molecule has 1 aliphatic rings. The van der Waals surface area contributed by atoms with Gasteiger partial charge >= 0.3 is 0 Å². The highest BCUT2D eigenvalue weighted by molar-refractivity contribution is 5.95. The SMILES string of the molecule is COc1ccc(OC)c(/C=C/c2cc(-c3cc(OC)ccc3OC)nc3cc4c(cc23)OCO4)c1.Cl. The predicted molar refractivity (Wildman–Crippen MR) is 142 cm³/mol. The Labute approximate surface area is 215 Å². The van der Waals surface area contributed by atoms with Crippen molar-refractivity contribution in [2.75, 3.05) is 35.2 Å². The van der Waals surface area contributed by atoms with Crippen molar-refractivity contribution in [2.24, 2.45) is 0 Å². The molecule has 0 radical (unpaired) electrons. The van der Waals surface area contributed by atoms with Crippen molar-refractivity contribution in [3.63, 3.8) is 0 Å². The number of aromatic nitrogens is 1. The maximum Gasteiger partial charge on any atom is 0.231 e. The summed E-state index contributed by atoms with van der Waals surface area (Å²) in [4.78, 5) is 4.93. The molecule has 3 aromatic carbocycles. The Morgan fingerprint density at radius 3 is 2.03 bits per heavy atom. The first-order valence-electron chi connectivity index (χ1n) is 11.0. The monoisotopic (exact) mass is 507 g/mol. The van der Waals surface area contributed by atoms with Crippen LogP contribution in [0.2, 0.25) is 0 Å². The molecule has 0 unspecified atom stereocenters. The van der Waals surface area contributed by atoms with E-state index < -0.39 is 0 Å². The molecule has 36 heavy (non-hydrogen) atoms. The van der Waals surface area contributed by atoms with Crippen LogP contribution in [0.15, 0.2) is 54.6 Å². The van der Waals surface area contributed by atoms with Crippen molar-refractivity contribution >= 4 is 35.5 Å². The Kier molecular flexibility index (Phi) is 7.41. The Hall–Kier alpha value is -4.10. The zero-order valence-electron chi connectivity index (χ0n) is 20.4. The fourth-order valence-corrected chi connectivity index (χ4v) is 4.08. The van der Waals surface area contributed by atoms with Gasteiger partial charge < -0.3 is 28.4 Å². The second-order valence-corrected chi connectivity index (χ2v) is 7.83. The van der Waals surface area contributed by atoms with Gasteiger partial charge in [0.15, 0.2) is 11.5 Å². The molecule has 7 nitrogen and oxygen atoms in total. The van der Waals surface area contributed by atoms with Crippen LogP contribution >= 0.6 is 12.4 Å². The second kappa shape index (κ2) is 10.7. The van der Waals surface area contributed by atoms with E-state index in [1.807, 2.05) is 66.7 Å². The van der Waals surface area contributed by atoms with Crippen molar-refractivity contribution in [1.29, 1.82) is 0 Å². The average molecular weight is 508 g/mol. The minimum absolute atomic E-state index is 0. The lowest BCUT2D eigenvalue weighted by Gasteiger charge is -2.13. The zero-order valence-corrected chi connectivity index (χ0v) is 21.2. The molecule has 1 aromatic heterocycles. The summed E-state index contributed by atoms with van der Waals surface area (Å²) in [7, 11) is 6.56. The van der Waals surface area contributed by atoms with Crippen LogP contribution in [0.4, 0.5) is 0 Å². The van der Waals surface area contributed by atoms with E-state index in [-0.39, 0.29) is 19.2 Å². The maximum absolute atomic E-state index is 5.63. The summed E-state index contributed by atoms with van der Waals surface area (Å²) in [6.07, 6.45) is 4.02. The van der Waals surface area contributed by atoms with Crippen molar-refractivity contribution in [3.05, 3.63) is 65.7 Å². The average Bonchev–Trinajstić information content (AvgIpc) is 3.37. The van der Waals surface area contributed by atoms with E-state index in [9.17, 15) is 0 Å². The van der Waals surface area contributed by atoms with Crippen LogP contribution in [0, 0.1) is 0 Å². The Morgan fingerprint density at radius 2 is 1.33 bits per heavy atom. The van der Waals surface area contributed by atoms with E-state index in [4.69, 9.17) is 33.4 Å². The van der Waals surface area contributed by atoms with Crippen LogP contribution < -0.4 is 28.4 Å². The zero-order chi connectivity index (χ0) is 24.4. The lowest BCUT2D eigenvalue weighted by atomic mass is 10.0. The molecule has 0 N–H and O–H groups in total. The van der Waals surface area contributed by atoms with Crippen LogP contribution in [0.25, 0.3) is 34.3 Å². The van der Waals surface area contributed by atoms with E-state index in [1.54, 1.807) is 28.4 Å². The standard InChI is InChI=1S/C28H25NO6.ClH/c1-30-19-7-9-25(32-3)18(11-19)6-5-17-12-23(22-13-20(31-2)8-10-26(22)33-4)29-24-15-28-27(14-21(17)24)34-16-35-28;/h5-15H,16H2,1-4H3;1H/b6-5+;. The molecule has 0 bridgehead atoms. The largest absolute Gasteiger partial charge is 0.497 e. The van der Waals surface area contributed by atoms with Gasteiger partial charge in [-0.25, -0.2) is 4.98 Å². The first-order chi connectivity index (χ1) is 17.1. The van der Waals surface area contributed by atoms with Gasteiger partial charge in [-0.05, 0) is 54.1 Å². The molecule has 4 aromatic rings. The van der Waals surface area contributed by atoms with Crippen molar-refractivity contribution in [1.82, 2.24) is 4.98 Å². The molecule has 0 fully saturated rings. The van der Waals surface area contributed by atoms with E-state index in [0.717, 1.165) is 44.8 Å². The lowest BCUT2D eigenvalue weighted by molar-refractivity contribution is 0.174. The Morgan fingerprint density at radius 1 is 0.694 bits per heavy atom. The van der Waals surface area contributed by atoms with Gasteiger partial charge in [-0.3, -0.25) is 0 Å². The lowest BCUT2D eigenvalue weighted by Crippen LogP contribution is -1.94. The van der Waals surface area contributed by atoms with Crippen LogP contribution in [-0.4, -0.2) is 40.2 Å². The highest BCUT2D eigenvalue weighted by Gasteiger charge is 2.18. The summed E-state index contributed by atoms with van der Waals surface area (Å²) >= 11 is 0. The highest BCUT2D eigenvalue weighted by atomic mass is 35.5. The minimum Gasteiger partial charge on any atom is -0.497 e. The van der Waals surface area contributed by atoms with Crippen LogP contribution in [-0.2, 0) is 0 Å². The molecule has 186 valence electrons. The Bertz CT molecular complexity index is 1440. The van der Waals surface area contributed by atoms with Gasteiger partial charge in [0, 0.05) is 22.6 Å². The number of fused-ring (bicyclic) bond motifs is 2. The number of methoxy groups -OCH3 is 4. The molecular formula is C28H26ClNO6. The molecule has 0 spiro atoms. The number of hydrogen-bond acceptors (Lipinski definition) is 7. The topological polar surface area (TPSA) is 68.3 Å². The summed E-state index contributed by atoms with van der Waals surface area (Å²) < 4.78 is 33.2. The molecule has 0 aliphatic carbocycles. The van der Waals surface area contributed by atoms with Gasteiger partial charge in [0.05, 0.1) is 39.6 Å². The third kappa shape index (κ3) is 4.70. The molecule has 2 heterocycles. The fraction of sp³-hybridized carbons (Fsp3) is 0.179. The third-order valence-electron chi connectivity index (χ3n) is 5.90. The number of ether oxygens (including phenoxy) is 6. The summed E-state index contributed by atoms with van der Waals surface area (Å²) in [6, 6.07) is 17.2. The van der Waals surface area contributed by atoms with Crippen molar-refractivity contribution in [2.45, 2.75) is 0 Å². The summed E-state index contributed by atoms with van der Waals surface area (Å²) in [6.45, 7) is 0.189. The first kappa shape index (κ1) is 25.0. The van der Waals surface area contributed by atoms with Crippen LogP contribution in [0.5, 0.6) is 34.5 Å². The summed E-state index contributed by atoms with van der Waals surface area (Å²) in [5.74, 6) is 4.26. The number of nitrogens with zero attached hydrogens (tertiary/aromatic N) is 1. The maximum atomic E-state index is 5.63. The van der Waals surface area contributed by atoms with E-state index >= 15 is 0 Å². The molecule has 8 heteroatoms. The van der Waals surface area contributed by atoms with Crippen molar-refractivity contribution < 1.29 is 28.4 Å². The van der Waals surface area contributed by atoms with Gasteiger partial charge in [-0.15, -0.1) is 12.4 Å². The third-order valence-corrected chi connectivity index (χ3v) is 5.90. The van der Waals surface area contributed by atoms with Gasteiger partial charge in [-0.1, -0.05) is 12.2 Å². The predicted octanol–water partition coefficient (Wildman–Crippen LogP) is 6.26. The fourth-order valence-electron chi connectivity index (χ4n) is 4.08. The molecule has 0 saturated heterocycles. The molecule has 0 amide bonds. The van der Waals surface area contributed by atoms with Gasteiger partial charge in [-0.2, -0.15) is 0 Å². The number of halogens is 1. The number of pyridine rings is 1. The number of benzene rings is 3. The number of hydrogen-bond donors (Lipinski definition) is 0. The summed E-state index contributed by atoms with van der Waals surface area (Å²) in [5.41, 5.74) is 4.16. The van der Waals surface area contributed by atoms with E-state index in [2.05, 4.69) is 0 Å². The smallest absolute Gasteiger partial charge is 0.231 e. The normalized spacial score (nSPS) is 11.9. The van der Waals surface area contributed by atoms with E-state index in [1.165, 1.54) is 0 Å². The first-order valence-corrected chi connectivity index (χ1v) is 11.0. The second-order valence-electron chi connectivity index (χ2n) is 7.83. The highest BCUT2D eigenvalue weighted by Crippen LogP contribution is 2.40. The Balaban J connectivity index is 0.00000304.